The minimum atomic E-state index is -1.61. The van der Waals surface area contributed by atoms with Gasteiger partial charge in [0.05, 0.1) is 13.2 Å². The van der Waals surface area contributed by atoms with Crippen molar-refractivity contribution in [1.82, 2.24) is 0 Å². The van der Waals surface area contributed by atoms with E-state index in [0.717, 1.165) is 77.0 Å². The molecule has 4 N–H and O–H groups in total. The number of aliphatic hydroxyl groups excluding tert-OH is 4. The zero-order valence-corrected chi connectivity index (χ0v) is 34.3. The quantitative estimate of drug-likeness (QED) is 0.0289. The summed E-state index contributed by atoms with van der Waals surface area (Å²) in [5.41, 5.74) is 0. The predicted molar refractivity (Wildman–Crippen MR) is 224 cm³/mol. The Morgan fingerprint density at radius 3 is 1.66 bits per heavy atom. The Kier molecular flexibility index (Phi) is 32.9. The highest BCUT2D eigenvalue weighted by Crippen LogP contribution is 2.22. The second-order valence-corrected chi connectivity index (χ2v) is 14.1. The molecule has 0 aromatic carbocycles. The molecule has 1 aliphatic heterocycles. The van der Waals surface area contributed by atoms with Gasteiger partial charge < -0.3 is 39.4 Å². The highest BCUT2D eigenvalue weighted by Gasteiger charge is 2.44. The van der Waals surface area contributed by atoms with Gasteiger partial charge >= 0.3 is 11.9 Å². The molecule has 6 unspecified atom stereocenters. The summed E-state index contributed by atoms with van der Waals surface area (Å²) in [6.07, 6.45) is 38.9. The summed E-state index contributed by atoms with van der Waals surface area (Å²) in [7, 11) is 0. The van der Waals surface area contributed by atoms with Crippen molar-refractivity contribution in [3.05, 3.63) is 85.1 Å². The second kappa shape index (κ2) is 36.2. The lowest BCUT2D eigenvalue weighted by Crippen LogP contribution is -2.59. The zero-order valence-electron chi connectivity index (χ0n) is 34.3. The maximum atomic E-state index is 12.7. The molecule has 1 heterocycles. The summed E-state index contributed by atoms with van der Waals surface area (Å²) in [5.74, 6) is -0.925. The minimum absolute atomic E-state index is 0.0985. The van der Waals surface area contributed by atoms with Crippen molar-refractivity contribution in [3.63, 3.8) is 0 Å². The van der Waals surface area contributed by atoms with Crippen LogP contribution in [-0.4, -0.2) is 89.0 Å². The average Bonchev–Trinajstić information content (AvgIpc) is 3.19. The number of unbranched alkanes of at least 4 members (excludes halogenated alkanes) is 8. The molecule has 1 aliphatic rings. The van der Waals surface area contributed by atoms with Gasteiger partial charge in [0.25, 0.3) is 0 Å². The number of hydrogen-bond donors (Lipinski definition) is 4. The van der Waals surface area contributed by atoms with Crippen molar-refractivity contribution in [2.75, 3.05) is 19.8 Å². The van der Waals surface area contributed by atoms with Crippen LogP contribution in [0.15, 0.2) is 85.1 Å². The highest BCUT2D eigenvalue weighted by molar-refractivity contribution is 5.70. The van der Waals surface area contributed by atoms with Gasteiger partial charge in [-0.15, -0.1) is 0 Å². The second-order valence-electron chi connectivity index (χ2n) is 14.1. The lowest BCUT2D eigenvalue weighted by molar-refractivity contribution is -0.305. The van der Waals surface area contributed by atoms with E-state index in [1.54, 1.807) is 0 Å². The van der Waals surface area contributed by atoms with E-state index in [1.807, 2.05) is 12.2 Å². The van der Waals surface area contributed by atoms with Gasteiger partial charge in [-0.3, -0.25) is 9.59 Å². The first-order valence-electron chi connectivity index (χ1n) is 21.2. The third-order valence-corrected chi connectivity index (χ3v) is 9.03. The molecular weight excluding hydrogens is 712 g/mol. The molecule has 0 spiro atoms. The Bertz CT molecular complexity index is 1180. The van der Waals surface area contributed by atoms with E-state index in [9.17, 15) is 30.0 Å². The first-order valence-corrected chi connectivity index (χ1v) is 21.2. The van der Waals surface area contributed by atoms with Crippen LogP contribution in [0.25, 0.3) is 0 Å². The minimum Gasteiger partial charge on any atom is -0.462 e. The maximum Gasteiger partial charge on any atom is 0.306 e. The molecule has 318 valence electrons. The summed E-state index contributed by atoms with van der Waals surface area (Å²) < 4.78 is 22.0. The first-order chi connectivity index (χ1) is 27.3. The Labute approximate surface area is 337 Å². The third-order valence-electron chi connectivity index (χ3n) is 9.03. The normalized spacial score (nSPS) is 21.3. The molecule has 1 rings (SSSR count). The Morgan fingerprint density at radius 2 is 1.09 bits per heavy atom. The lowest BCUT2D eigenvalue weighted by Gasteiger charge is -2.39. The number of esters is 2. The van der Waals surface area contributed by atoms with Gasteiger partial charge in [-0.2, -0.15) is 0 Å². The molecule has 0 aromatic rings. The number of ether oxygens (including phenoxy) is 4. The van der Waals surface area contributed by atoms with Gasteiger partial charge in [0.1, 0.15) is 31.0 Å². The van der Waals surface area contributed by atoms with Crippen molar-refractivity contribution >= 4 is 11.9 Å². The topological polar surface area (TPSA) is 152 Å². The van der Waals surface area contributed by atoms with Crippen LogP contribution in [0.4, 0.5) is 0 Å². The fraction of sp³-hybridized carbons (Fsp3) is 0.652. The smallest absolute Gasteiger partial charge is 0.306 e. The monoisotopic (exact) mass is 787 g/mol. The molecule has 10 nitrogen and oxygen atoms in total. The average molecular weight is 787 g/mol. The first kappa shape index (κ1) is 50.9. The third kappa shape index (κ3) is 27.5. The molecule has 0 saturated carbocycles. The summed E-state index contributed by atoms with van der Waals surface area (Å²) in [6, 6.07) is 0. The number of hydrogen-bond acceptors (Lipinski definition) is 10. The SMILES string of the molecule is CC/C=C\C/C=C\C/C=C\C/C=C\C/C=C\C/C=C\CCC(=O)OC(COC(=O)CCCCCCC/C=C\CCCCC)COC1OC(CO)C(O)C(O)C1O. The van der Waals surface area contributed by atoms with E-state index in [1.165, 1.54) is 19.3 Å². The molecule has 10 heteroatoms. The van der Waals surface area contributed by atoms with E-state index in [-0.39, 0.29) is 26.1 Å². The van der Waals surface area contributed by atoms with Crippen LogP contribution >= 0.6 is 0 Å². The van der Waals surface area contributed by atoms with Crippen LogP contribution in [-0.2, 0) is 28.5 Å². The highest BCUT2D eigenvalue weighted by atomic mass is 16.7. The van der Waals surface area contributed by atoms with Crippen molar-refractivity contribution < 1.29 is 49.0 Å². The van der Waals surface area contributed by atoms with Crippen LogP contribution in [0.3, 0.4) is 0 Å². The Balaban J connectivity index is 2.43. The van der Waals surface area contributed by atoms with Crippen LogP contribution < -0.4 is 0 Å². The molecule has 0 radical (unpaired) electrons. The molecule has 0 bridgehead atoms. The molecule has 0 aliphatic carbocycles. The number of carbonyl (C=O) groups is 2. The van der Waals surface area contributed by atoms with Crippen LogP contribution in [0.2, 0.25) is 0 Å². The summed E-state index contributed by atoms with van der Waals surface area (Å²) >= 11 is 0. The van der Waals surface area contributed by atoms with Crippen molar-refractivity contribution in [2.45, 2.75) is 173 Å². The molecule has 56 heavy (non-hydrogen) atoms. The predicted octanol–water partition coefficient (Wildman–Crippen LogP) is 8.60. The number of carbonyl (C=O) groups excluding carboxylic acids is 2. The van der Waals surface area contributed by atoms with Crippen molar-refractivity contribution in [3.8, 4) is 0 Å². The summed E-state index contributed by atoms with van der Waals surface area (Å²) in [5, 5.41) is 40.0. The number of allylic oxidation sites excluding steroid dienone is 14. The standard InChI is InChI=1S/C46H74O10/c1-3-5-7-9-11-13-15-17-18-19-20-21-22-23-25-27-29-31-33-35-42(49)55-39(38-54-46-45(52)44(51)43(50)40(36-47)56-46)37-53-41(48)34-32-30-28-26-24-16-14-12-10-8-6-4-2/h5,7,11-14,17-18,20-21,23,25,29,31,39-40,43-47,50-52H,3-4,6,8-10,15-16,19,22,24,26-28,30,32-38H2,1-2H3/b7-5-,13-11-,14-12-,18-17-,21-20-,25-23-,31-29-. The molecular formula is C46H74O10. The van der Waals surface area contributed by atoms with Gasteiger partial charge in [-0.05, 0) is 77.0 Å². The summed E-state index contributed by atoms with van der Waals surface area (Å²) in [4.78, 5) is 25.2. The molecule has 1 fully saturated rings. The number of aliphatic hydroxyl groups is 4. The van der Waals surface area contributed by atoms with Gasteiger partial charge in [-0.25, -0.2) is 0 Å². The summed E-state index contributed by atoms with van der Waals surface area (Å²) in [6.45, 7) is 3.17. The largest absolute Gasteiger partial charge is 0.462 e. The molecule has 0 amide bonds. The Hall–Kier alpha value is -3.12. The molecule has 1 saturated heterocycles. The fourth-order valence-electron chi connectivity index (χ4n) is 5.68. The fourth-order valence-corrected chi connectivity index (χ4v) is 5.68. The van der Waals surface area contributed by atoms with E-state index >= 15 is 0 Å². The van der Waals surface area contributed by atoms with Crippen LogP contribution in [0.1, 0.15) is 136 Å². The Morgan fingerprint density at radius 1 is 0.571 bits per heavy atom. The number of rotatable bonds is 33. The van der Waals surface area contributed by atoms with E-state index in [0.29, 0.717) is 12.8 Å². The van der Waals surface area contributed by atoms with Crippen molar-refractivity contribution in [1.29, 1.82) is 0 Å². The van der Waals surface area contributed by atoms with E-state index in [4.69, 9.17) is 18.9 Å². The van der Waals surface area contributed by atoms with E-state index in [2.05, 4.69) is 86.8 Å². The van der Waals surface area contributed by atoms with Crippen molar-refractivity contribution in [2.24, 2.45) is 0 Å². The molecule has 6 atom stereocenters. The van der Waals surface area contributed by atoms with Gasteiger partial charge in [0.15, 0.2) is 12.4 Å². The van der Waals surface area contributed by atoms with Gasteiger partial charge in [0.2, 0.25) is 0 Å². The molecule has 0 aromatic heterocycles. The maximum absolute atomic E-state index is 12.7. The van der Waals surface area contributed by atoms with Crippen LogP contribution in [0, 0.1) is 0 Å². The van der Waals surface area contributed by atoms with E-state index < -0.39 is 55.4 Å². The lowest BCUT2D eigenvalue weighted by atomic mass is 9.99. The van der Waals surface area contributed by atoms with Gasteiger partial charge in [0, 0.05) is 12.8 Å². The van der Waals surface area contributed by atoms with Gasteiger partial charge in [-0.1, -0.05) is 131 Å². The zero-order chi connectivity index (χ0) is 40.9. The van der Waals surface area contributed by atoms with Crippen LogP contribution in [0.5, 0.6) is 0 Å².